The lowest BCUT2D eigenvalue weighted by molar-refractivity contribution is 0.164. The number of para-hydroxylation sites is 2. The molecule has 0 saturated carbocycles. The van der Waals surface area contributed by atoms with Gasteiger partial charge in [0.1, 0.15) is 11.5 Å². The van der Waals surface area contributed by atoms with Gasteiger partial charge in [0, 0.05) is 17.7 Å². The molecule has 0 aromatic heterocycles. The van der Waals surface area contributed by atoms with E-state index in [9.17, 15) is 5.11 Å². The van der Waals surface area contributed by atoms with Gasteiger partial charge in [0.2, 0.25) is 0 Å². The molecule has 2 N–H and O–H groups in total. The van der Waals surface area contributed by atoms with Crippen LogP contribution in [0.1, 0.15) is 30.5 Å². The summed E-state index contributed by atoms with van der Waals surface area (Å²) in [5.74, 6) is 1.77. The Bertz CT molecular complexity index is 552. The summed E-state index contributed by atoms with van der Waals surface area (Å²) < 4.78 is 5.94. The van der Waals surface area contributed by atoms with E-state index >= 15 is 0 Å². The van der Waals surface area contributed by atoms with Gasteiger partial charge in [-0.25, -0.2) is 0 Å². The zero-order chi connectivity index (χ0) is 13.9. The van der Waals surface area contributed by atoms with Crippen LogP contribution in [0.4, 0.5) is 0 Å². The second kappa shape index (κ2) is 5.65. The molecule has 1 heterocycles. The summed E-state index contributed by atoms with van der Waals surface area (Å²) in [6.07, 6.45) is 0.427. The number of ether oxygens (including phenoxy) is 1. The highest BCUT2D eigenvalue weighted by Crippen LogP contribution is 2.42. The number of hydrogen-bond acceptors (Lipinski definition) is 3. The van der Waals surface area contributed by atoms with Crippen LogP contribution in [0.25, 0.3) is 0 Å². The lowest BCUT2D eigenvalue weighted by atomic mass is 9.94. The average molecular weight is 269 g/mol. The molecule has 1 unspecified atom stereocenters. The molecule has 3 rings (SSSR count). The van der Waals surface area contributed by atoms with Gasteiger partial charge < -0.3 is 15.2 Å². The van der Waals surface area contributed by atoms with Crippen LogP contribution in [0.5, 0.6) is 11.5 Å². The first-order valence-corrected chi connectivity index (χ1v) is 7.06. The summed E-state index contributed by atoms with van der Waals surface area (Å²) in [6, 6.07) is 16.2. The van der Waals surface area contributed by atoms with Gasteiger partial charge in [0.05, 0.1) is 12.1 Å². The number of fused-ring (bicyclic) bond motifs is 2. The Morgan fingerprint density at radius 2 is 1.60 bits per heavy atom. The highest BCUT2D eigenvalue weighted by atomic mass is 16.5. The Kier molecular flexibility index (Phi) is 3.72. The minimum atomic E-state index is -0.322. The number of rotatable bonds is 4. The topological polar surface area (TPSA) is 41.5 Å². The molecule has 1 aliphatic heterocycles. The lowest BCUT2D eigenvalue weighted by Crippen LogP contribution is -2.32. The Balaban J connectivity index is 1.95. The molecule has 20 heavy (non-hydrogen) atoms. The van der Waals surface area contributed by atoms with Crippen molar-refractivity contribution in [2.24, 2.45) is 0 Å². The Hall–Kier alpha value is -1.84. The first kappa shape index (κ1) is 13.2. The Morgan fingerprint density at radius 1 is 1.05 bits per heavy atom. The molecule has 0 radical (unpaired) electrons. The van der Waals surface area contributed by atoms with Crippen molar-refractivity contribution in [3.05, 3.63) is 59.7 Å². The summed E-state index contributed by atoms with van der Waals surface area (Å²) in [6.45, 7) is 2.56. The van der Waals surface area contributed by atoms with Crippen molar-refractivity contribution < 1.29 is 9.84 Å². The predicted octanol–water partition coefficient (Wildman–Crippen LogP) is 3.24. The second-order valence-corrected chi connectivity index (χ2v) is 5.08. The van der Waals surface area contributed by atoms with Gasteiger partial charge in [0.25, 0.3) is 0 Å². The summed E-state index contributed by atoms with van der Waals surface area (Å²) in [4.78, 5) is 0. The number of hydrogen-bond donors (Lipinski definition) is 2. The van der Waals surface area contributed by atoms with E-state index in [2.05, 4.69) is 17.4 Å². The molecule has 0 bridgehead atoms. The highest BCUT2D eigenvalue weighted by Gasteiger charge is 2.26. The monoisotopic (exact) mass is 269 g/mol. The highest BCUT2D eigenvalue weighted by molar-refractivity contribution is 5.52. The van der Waals surface area contributed by atoms with Crippen LogP contribution in [-0.2, 0) is 0 Å². The first-order valence-electron chi connectivity index (χ1n) is 7.06. The quantitative estimate of drug-likeness (QED) is 0.895. The van der Waals surface area contributed by atoms with Crippen molar-refractivity contribution in [2.75, 3.05) is 6.54 Å². The van der Waals surface area contributed by atoms with E-state index in [0.29, 0.717) is 6.54 Å². The summed E-state index contributed by atoms with van der Waals surface area (Å²) in [5, 5.41) is 13.2. The minimum absolute atomic E-state index is 0.0670. The van der Waals surface area contributed by atoms with Gasteiger partial charge in [-0.05, 0) is 18.6 Å². The lowest BCUT2D eigenvalue weighted by Gasteiger charge is -2.29. The van der Waals surface area contributed by atoms with Crippen LogP contribution in [-0.4, -0.2) is 17.8 Å². The van der Waals surface area contributed by atoms with E-state index in [-0.39, 0.29) is 12.1 Å². The van der Waals surface area contributed by atoms with Crippen molar-refractivity contribution in [1.82, 2.24) is 5.32 Å². The van der Waals surface area contributed by atoms with Crippen LogP contribution in [0.3, 0.4) is 0 Å². The summed E-state index contributed by atoms with van der Waals surface area (Å²) in [7, 11) is 0. The van der Waals surface area contributed by atoms with Crippen molar-refractivity contribution in [3.8, 4) is 11.5 Å². The van der Waals surface area contributed by atoms with E-state index in [1.54, 1.807) is 0 Å². The maximum atomic E-state index is 9.79. The molecule has 0 fully saturated rings. The third kappa shape index (κ3) is 2.42. The van der Waals surface area contributed by atoms with Crippen LogP contribution in [0.2, 0.25) is 0 Å². The molecule has 1 atom stereocenters. The van der Waals surface area contributed by atoms with Crippen molar-refractivity contribution in [2.45, 2.75) is 25.5 Å². The zero-order valence-electron chi connectivity index (χ0n) is 11.5. The fraction of sp³-hybridized carbons (Fsp3) is 0.294. The molecular weight excluding hydrogens is 250 g/mol. The smallest absolute Gasteiger partial charge is 0.132 e. The minimum Gasteiger partial charge on any atom is -0.457 e. The molecule has 0 saturated heterocycles. The zero-order valence-corrected chi connectivity index (χ0v) is 11.5. The fourth-order valence-corrected chi connectivity index (χ4v) is 2.53. The van der Waals surface area contributed by atoms with Crippen LogP contribution < -0.4 is 10.1 Å². The predicted molar refractivity (Wildman–Crippen MR) is 79.1 cm³/mol. The van der Waals surface area contributed by atoms with E-state index < -0.39 is 0 Å². The van der Waals surface area contributed by atoms with Gasteiger partial charge in [-0.3, -0.25) is 0 Å². The largest absolute Gasteiger partial charge is 0.457 e. The molecule has 0 amide bonds. The van der Waals surface area contributed by atoms with E-state index in [1.165, 1.54) is 0 Å². The average Bonchev–Trinajstić information content (AvgIpc) is 2.51. The Labute approximate surface area is 119 Å². The third-order valence-corrected chi connectivity index (χ3v) is 3.71. The van der Waals surface area contributed by atoms with Crippen molar-refractivity contribution >= 4 is 0 Å². The first-order chi connectivity index (χ1) is 9.79. The van der Waals surface area contributed by atoms with E-state index in [0.717, 1.165) is 29.0 Å². The summed E-state index contributed by atoms with van der Waals surface area (Å²) in [5.41, 5.74) is 2.24. The standard InChI is InChI=1S/C17H19NO2/c1-2-12(19)11-18-17-13-7-3-5-9-15(13)20-16-10-6-4-8-14(16)17/h3-10,12,17-19H,2,11H2,1H3. The molecule has 2 aromatic carbocycles. The Morgan fingerprint density at radius 3 is 2.15 bits per heavy atom. The van der Waals surface area contributed by atoms with Gasteiger partial charge in [0.15, 0.2) is 0 Å². The van der Waals surface area contributed by atoms with Gasteiger partial charge in [-0.1, -0.05) is 43.3 Å². The van der Waals surface area contributed by atoms with E-state index in [1.807, 2.05) is 43.3 Å². The maximum Gasteiger partial charge on any atom is 0.132 e. The molecule has 0 spiro atoms. The number of nitrogens with one attached hydrogen (secondary N) is 1. The molecule has 2 aromatic rings. The van der Waals surface area contributed by atoms with Gasteiger partial charge in [-0.15, -0.1) is 0 Å². The number of aliphatic hydroxyl groups is 1. The van der Waals surface area contributed by atoms with Crippen molar-refractivity contribution in [3.63, 3.8) is 0 Å². The van der Waals surface area contributed by atoms with E-state index in [4.69, 9.17) is 4.74 Å². The van der Waals surface area contributed by atoms with Gasteiger partial charge >= 0.3 is 0 Å². The molecule has 1 aliphatic rings. The summed E-state index contributed by atoms with van der Waals surface area (Å²) >= 11 is 0. The normalized spacial score (nSPS) is 15.1. The fourth-order valence-electron chi connectivity index (χ4n) is 2.53. The number of benzene rings is 2. The van der Waals surface area contributed by atoms with Crippen LogP contribution in [0, 0.1) is 0 Å². The molecule has 3 heteroatoms. The molecule has 0 aliphatic carbocycles. The third-order valence-electron chi connectivity index (χ3n) is 3.71. The molecule has 104 valence electrons. The number of aliphatic hydroxyl groups excluding tert-OH is 1. The van der Waals surface area contributed by atoms with Crippen LogP contribution in [0.15, 0.2) is 48.5 Å². The molecule has 3 nitrogen and oxygen atoms in total. The molecular formula is C17H19NO2. The van der Waals surface area contributed by atoms with Gasteiger partial charge in [-0.2, -0.15) is 0 Å². The van der Waals surface area contributed by atoms with Crippen LogP contribution >= 0.6 is 0 Å². The van der Waals surface area contributed by atoms with Crippen molar-refractivity contribution in [1.29, 1.82) is 0 Å². The second-order valence-electron chi connectivity index (χ2n) is 5.08. The maximum absolute atomic E-state index is 9.79. The SMILES string of the molecule is CCC(O)CNC1c2ccccc2Oc2ccccc21.